The molecule has 1 heterocycles. The van der Waals surface area contributed by atoms with Crippen molar-refractivity contribution in [1.82, 2.24) is 0 Å². The van der Waals surface area contributed by atoms with Crippen molar-refractivity contribution >= 4 is 0 Å². The molecule has 1 aliphatic carbocycles. The van der Waals surface area contributed by atoms with Gasteiger partial charge >= 0.3 is 0 Å². The first-order valence-electron chi connectivity index (χ1n) is 8.22. The van der Waals surface area contributed by atoms with E-state index in [1.165, 1.54) is 56.1 Å². The third kappa shape index (κ3) is 2.77. The molecule has 0 radical (unpaired) electrons. The first-order chi connectivity index (χ1) is 9.84. The second-order valence-electron chi connectivity index (χ2n) is 6.55. The minimum atomic E-state index is 0.256. The van der Waals surface area contributed by atoms with E-state index in [4.69, 9.17) is 10.5 Å². The molecule has 1 saturated carbocycles. The Morgan fingerprint density at radius 2 is 1.65 bits per heavy atom. The van der Waals surface area contributed by atoms with E-state index < -0.39 is 0 Å². The van der Waals surface area contributed by atoms with E-state index >= 15 is 0 Å². The predicted molar refractivity (Wildman–Crippen MR) is 83.1 cm³/mol. The van der Waals surface area contributed by atoms with Gasteiger partial charge in [-0.1, -0.05) is 43.5 Å². The standard InChI is InChI=1S/C18H27NO/c19-14-18(10-2-1-3-11-18)17-6-4-15(5-7-17)16-8-12-20-13-9-16/h4-7,16H,1-3,8-14,19H2. The monoisotopic (exact) mass is 273 g/mol. The predicted octanol–water partition coefficient (Wildman–Crippen LogP) is 3.74. The third-order valence-corrected chi connectivity index (χ3v) is 5.42. The summed E-state index contributed by atoms with van der Waals surface area (Å²) in [6.07, 6.45) is 8.91. The van der Waals surface area contributed by atoms with E-state index in [2.05, 4.69) is 24.3 Å². The molecule has 2 nitrogen and oxygen atoms in total. The average molecular weight is 273 g/mol. The molecule has 0 bridgehead atoms. The van der Waals surface area contributed by atoms with Crippen LogP contribution in [0.2, 0.25) is 0 Å². The molecule has 110 valence electrons. The van der Waals surface area contributed by atoms with Gasteiger partial charge in [0.25, 0.3) is 0 Å². The van der Waals surface area contributed by atoms with Crippen molar-refractivity contribution in [2.45, 2.75) is 56.3 Å². The molecule has 2 N–H and O–H groups in total. The summed E-state index contributed by atoms with van der Waals surface area (Å²) >= 11 is 0. The minimum absolute atomic E-state index is 0.256. The van der Waals surface area contributed by atoms with Crippen molar-refractivity contribution < 1.29 is 4.74 Å². The number of nitrogens with two attached hydrogens (primary N) is 1. The average Bonchev–Trinajstić information content (AvgIpc) is 2.56. The van der Waals surface area contributed by atoms with Gasteiger partial charge in [0.15, 0.2) is 0 Å². The molecule has 1 aliphatic heterocycles. The maximum atomic E-state index is 6.13. The van der Waals surface area contributed by atoms with Crippen LogP contribution in [0.15, 0.2) is 24.3 Å². The largest absolute Gasteiger partial charge is 0.381 e. The van der Waals surface area contributed by atoms with Crippen LogP contribution in [0.25, 0.3) is 0 Å². The van der Waals surface area contributed by atoms with Crippen molar-refractivity contribution in [2.24, 2.45) is 5.73 Å². The molecule has 2 fully saturated rings. The lowest BCUT2D eigenvalue weighted by Crippen LogP contribution is -2.37. The summed E-state index contributed by atoms with van der Waals surface area (Å²) < 4.78 is 5.46. The highest BCUT2D eigenvalue weighted by Crippen LogP contribution is 2.39. The smallest absolute Gasteiger partial charge is 0.0471 e. The molecule has 3 rings (SSSR count). The molecule has 1 aromatic carbocycles. The molecular weight excluding hydrogens is 246 g/mol. The van der Waals surface area contributed by atoms with Crippen LogP contribution in [0.3, 0.4) is 0 Å². The Bertz CT molecular complexity index is 414. The fraction of sp³-hybridized carbons (Fsp3) is 0.667. The van der Waals surface area contributed by atoms with E-state index in [0.717, 1.165) is 19.8 Å². The maximum absolute atomic E-state index is 6.13. The fourth-order valence-electron chi connectivity index (χ4n) is 3.98. The molecule has 0 aromatic heterocycles. The summed E-state index contributed by atoms with van der Waals surface area (Å²) in [5.74, 6) is 0.693. The Hall–Kier alpha value is -0.860. The van der Waals surface area contributed by atoms with Gasteiger partial charge in [0.1, 0.15) is 0 Å². The summed E-state index contributed by atoms with van der Waals surface area (Å²) in [4.78, 5) is 0. The number of benzene rings is 1. The zero-order valence-electron chi connectivity index (χ0n) is 12.4. The van der Waals surface area contributed by atoms with Crippen molar-refractivity contribution in [3.8, 4) is 0 Å². The Morgan fingerprint density at radius 1 is 1.00 bits per heavy atom. The maximum Gasteiger partial charge on any atom is 0.0471 e. The van der Waals surface area contributed by atoms with Gasteiger partial charge in [-0.3, -0.25) is 0 Å². The first-order valence-corrected chi connectivity index (χ1v) is 8.22. The molecule has 0 amide bonds. The molecule has 2 aliphatic rings. The fourth-order valence-corrected chi connectivity index (χ4v) is 3.98. The van der Waals surface area contributed by atoms with E-state index in [1.54, 1.807) is 0 Å². The summed E-state index contributed by atoms with van der Waals surface area (Å²) in [6.45, 7) is 2.63. The molecular formula is C18H27NO. The van der Waals surface area contributed by atoms with Gasteiger partial charge < -0.3 is 10.5 Å². The van der Waals surface area contributed by atoms with Gasteiger partial charge in [-0.05, 0) is 42.7 Å². The summed E-state index contributed by atoms with van der Waals surface area (Å²) in [5.41, 5.74) is 9.35. The first kappa shape index (κ1) is 14.1. The Labute approximate surface area is 122 Å². The van der Waals surface area contributed by atoms with Crippen LogP contribution >= 0.6 is 0 Å². The van der Waals surface area contributed by atoms with Crippen molar-refractivity contribution in [3.63, 3.8) is 0 Å². The van der Waals surface area contributed by atoms with E-state index in [0.29, 0.717) is 5.92 Å². The minimum Gasteiger partial charge on any atom is -0.381 e. The van der Waals surface area contributed by atoms with Gasteiger partial charge in [-0.2, -0.15) is 0 Å². The zero-order valence-corrected chi connectivity index (χ0v) is 12.4. The number of rotatable bonds is 3. The van der Waals surface area contributed by atoms with Crippen LogP contribution in [-0.2, 0) is 10.2 Å². The SMILES string of the molecule is NCC1(c2ccc(C3CCOCC3)cc2)CCCCC1. The molecule has 0 spiro atoms. The van der Waals surface area contributed by atoms with Crippen LogP contribution in [0.1, 0.15) is 62.0 Å². The van der Waals surface area contributed by atoms with Crippen molar-refractivity contribution in [2.75, 3.05) is 19.8 Å². The van der Waals surface area contributed by atoms with Crippen LogP contribution in [-0.4, -0.2) is 19.8 Å². The number of ether oxygens (including phenoxy) is 1. The normalized spacial score (nSPS) is 23.6. The Balaban J connectivity index is 1.77. The van der Waals surface area contributed by atoms with Gasteiger partial charge in [0, 0.05) is 25.2 Å². The summed E-state index contributed by atoms with van der Waals surface area (Å²) in [7, 11) is 0. The highest BCUT2D eigenvalue weighted by molar-refractivity contribution is 5.32. The summed E-state index contributed by atoms with van der Waals surface area (Å²) in [5, 5.41) is 0. The molecule has 0 atom stereocenters. The van der Waals surface area contributed by atoms with Crippen molar-refractivity contribution in [3.05, 3.63) is 35.4 Å². The lowest BCUT2D eigenvalue weighted by Gasteiger charge is -2.37. The lowest BCUT2D eigenvalue weighted by atomic mass is 9.69. The molecule has 2 heteroatoms. The molecule has 1 aromatic rings. The van der Waals surface area contributed by atoms with Crippen LogP contribution in [0.4, 0.5) is 0 Å². The van der Waals surface area contributed by atoms with Crippen molar-refractivity contribution in [1.29, 1.82) is 0 Å². The second kappa shape index (κ2) is 6.28. The van der Waals surface area contributed by atoms with Gasteiger partial charge in [0.2, 0.25) is 0 Å². The molecule has 1 saturated heterocycles. The van der Waals surface area contributed by atoms with E-state index in [1.807, 2.05) is 0 Å². The second-order valence-corrected chi connectivity index (χ2v) is 6.55. The quantitative estimate of drug-likeness (QED) is 0.910. The zero-order chi connectivity index (χ0) is 13.8. The van der Waals surface area contributed by atoms with E-state index in [-0.39, 0.29) is 5.41 Å². The van der Waals surface area contributed by atoms with Crippen LogP contribution in [0.5, 0.6) is 0 Å². The van der Waals surface area contributed by atoms with Crippen LogP contribution in [0, 0.1) is 0 Å². The molecule has 0 unspecified atom stereocenters. The van der Waals surface area contributed by atoms with Gasteiger partial charge in [-0.15, -0.1) is 0 Å². The number of hydrogen-bond acceptors (Lipinski definition) is 2. The Morgan fingerprint density at radius 3 is 2.25 bits per heavy atom. The highest BCUT2D eigenvalue weighted by Gasteiger charge is 2.32. The highest BCUT2D eigenvalue weighted by atomic mass is 16.5. The van der Waals surface area contributed by atoms with E-state index in [9.17, 15) is 0 Å². The van der Waals surface area contributed by atoms with Gasteiger partial charge in [-0.25, -0.2) is 0 Å². The number of hydrogen-bond donors (Lipinski definition) is 1. The van der Waals surface area contributed by atoms with Crippen LogP contribution < -0.4 is 5.73 Å². The topological polar surface area (TPSA) is 35.2 Å². The summed E-state index contributed by atoms with van der Waals surface area (Å²) in [6, 6.07) is 9.39. The lowest BCUT2D eigenvalue weighted by molar-refractivity contribution is 0.0853. The third-order valence-electron chi connectivity index (χ3n) is 5.42. The van der Waals surface area contributed by atoms with Gasteiger partial charge in [0.05, 0.1) is 0 Å². The molecule has 20 heavy (non-hydrogen) atoms. The Kier molecular flexibility index (Phi) is 4.42.